The Labute approximate surface area is 171 Å². The van der Waals surface area contributed by atoms with Crippen LogP contribution in [0.2, 0.25) is 0 Å². The number of fused-ring (bicyclic) bond motifs is 5. The fourth-order valence-electron chi connectivity index (χ4n) is 5.70. The van der Waals surface area contributed by atoms with Gasteiger partial charge in [-0.1, -0.05) is 13.0 Å². The van der Waals surface area contributed by atoms with Crippen LogP contribution in [0.1, 0.15) is 56.1 Å². The zero-order valence-corrected chi connectivity index (χ0v) is 17.6. The van der Waals surface area contributed by atoms with E-state index in [2.05, 4.69) is 11.1 Å². The maximum Gasteiger partial charge on any atom is 1.00 e. The minimum absolute atomic E-state index is 0. The van der Waals surface area contributed by atoms with Gasteiger partial charge in [-0.2, -0.15) is 0 Å². The van der Waals surface area contributed by atoms with E-state index in [-0.39, 0.29) is 46.8 Å². The van der Waals surface area contributed by atoms with Crippen molar-refractivity contribution in [2.75, 3.05) is 0 Å². The first-order valence-electron chi connectivity index (χ1n) is 8.74. The largest absolute Gasteiger partial charge is 1.00 e. The van der Waals surface area contributed by atoms with Crippen molar-refractivity contribution in [1.29, 1.82) is 0 Å². The SMILES string of the molecule is CC12CCC3c4ccc(OS(=O)(=O)[O-])cc4CCC3C1CC[C@@H]2O.[Na+]. The number of aryl methyl sites for hydroxylation is 1. The molecule has 1 N–H and O–H groups in total. The number of aliphatic hydroxyl groups excluding tert-OH is 1. The van der Waals surface area contributed by atoms with Crippen LogP contribution in [0, 0.1) is 17.3 Å². The molecule has 1 aromatic rings. The van der Waals surface area contributed by atoms with E-state index in [1.165, 1.54) is 5.56 Å². The first kappa shape index (κ1) is 19.6. The zero-order valence-electron chi connectivity index (χ0n) is 14.8. The van der Waals surface area contributed by atoms with Gasteiger partial charge in [0.05, 0.1) is 6.10 Å². The van der Waals surface area contributed by atoms with Gasteiger partial charge in [0, 0.05) is 0 Å². The van der Waals surface area contributed by atoms with Crippen LogP contribution in [0.3, 0.4) is 0 Å². The molecule has 2 fully saturated rings. The molecule has 0 aromatic heterocycles. The van der Waals surface area contributed by atoms with Crippen LogP contribution in [-0.4, -0.2) is 24.2 Å². The predicted octanol–water partition coefficient (Wildman–Crippen LogP) is -0.253. The van der Waals surface area contributed by atoms with E-state index >= 15 is 0 Å². The van der Waals surface area contributed by atoms with Gasteiger partial charge in [0.25, 0.3) is 10.4 Å². The van der Waals surface area contributed by atoms with Crippen LogP contribution in [0.4, 0.5) is 0 Å². The Morgan fingerprint density at radius 1 is 1.24 bits per heavy atom. The summed E-state index contributed by atoms with van der Waals surface area (Å²) < 4.78 is 36.8. The number of benzene rings is 1. The third-order valence-corrected chi connectivity index (χ3v) is 7.24. The molecule has 132 valence electrons. The van der Waals surface area contributed by atoms with E-state index in [4.69, 9.17) is 0 Å². The summed E-state index contributed by atoms with van der Waals surface area (Å²) >= 11 is 0. The maximum atomic E-state index is 10.8. The standard InChI is InChI=1S/C18H24O5S.Na/c1-18-9-8-14-13-5-3-12(23-24(20,21)22)10-11(13)2-4-15(14)16(18)6-7-17(18)19;/h3,5,10,14-17,19H,2,4,6-9H2,1H3,(H,20,21,22);/q;+1/p-1/t14?,15?,16?,17-,18?;/m0./s1. The quantitative estimate of drug-likeness (QED) is 0.438. The van der Waals surface area contributed by atoms with Gasteiger partial charge in [0.1, 0.15) is 5.75 Å². The summed E-state index contributed by atoms with van der Waals surface area (Å²) in [5.74, 6) is 1.73. The molecule has 0 spiro atoms. The summed E-state index contributed by atoms with van der Waals surface area (Å²) in [5, 5.41) is 10.4. The molecule has 0 saturated heterocycles. The third kappa shape index (κ3) is 3.42. The van der Waals surface area contributed by atoms with E-state index < -0.39 is 10.4 Å². The molecule has 1 aromatic carbocycles. The normalized spacial score (nSPS) is 36.6. The van der Waals surface area contributed by atoms with Crippen LogP contribution in [0.5, 0.6) is 5.75 Å². The number of rotatable bonds is 2. The van der Waals surface area contributed by atoms with Crippen molar-refractivity contribution in [3.63, 3.8) is 0 Å². The fourth-order valence-corrected chi connectivity index (χ4v) is 6.04. The molecule has 3 aliphatic carbocycles. The van der Waals surface area contributed by atoms with Crippen molar-refractivity contribution in [3.05, 3.63) is 29.3 Å². The zero-order chi connectivity index (χ0) is 17.1. The summed E-state index contributed by atoms with van der Waals surface area (Å²) in [7, 11) is -4.73. The van der Waals surface area contributed by atoms with Crippen molar-refractivity contribution in [1.82, 2.24) is 0 Å². The Kier molecular flexibility index (Phi) is 5.35. The molecule has 0 aliphatic heterocycles. The van der Waals surface area contributed by atoms with Crippen LogP contribution in [0.15, 0.2) is 18.2 Å². The van der Waals surface area contributed by atoms with E-state index in [1.807, 2.05) is 6.07 Å². The van der Waals surface area contributed by atoms with Crippen LogP contribution < -0.4 is 33.7 Å². The van der Waals surface area contributed by atoms with E-state index in [1.54, 1.807) is 12.1 Å². The second kappa shape index (κ2) is 6.80. The molecule has 5 nitrogen and oxygen atoms in total. The minimum Gasteiger partial charge on any atom is -0.716 e. The average Bonchev–Trinajstić information content (AvgIpc) is 2.81. The van der Waals surface area contributed by atoms with Gasteiger partial charge in [-0.3, -0.25) is 0 Å². The van der Waals surface area contributed by atoms with Crippen LogP contribution in [0.25, 0.3) is 0 Å². The summed E-state index contributed by atoms with van der Waals surface area (Å²) in [6.07, 6.45) is 5.85. The van der Waals surface area contributed by atoms with Crippen molar-refractivity contribution in [2.24, 2.45) is 17.3 Å². The van der Waals surface area contributed by atoms with Gasteiger partial charge >= 0.3 is 29.6 Å². The van der Waals surface area contributed by atoms with Gasteiger partial charge in [-0.15, -0.1) is 0 Å². The Morgan fingerprint density at radius 3 is 2.72 bits per heavy atom. The summed E-state index contributed by atoms with van der Waals surface area (Å²) in [4.78, 5) is 0. The van der Waals surface area contributed by atoms with Gasteiger partial charge < -0.3 is 13.8 Å². The van der Waals surface area contributed by atoms with Crippen molar-refractivity contribution < 1.29 is 51.8 Å². The number of aliphatic hydroxyl groups is 1. The monoisotopic (exact) mass is 374 g/mol. The molecule has 0 amide bonds. The number of hydrogen-bond acceptors (Lipinski definition) is 5. The van der Waals surface area contributed by atoms with Crippen LogP contribution in [-0.2, 0) is 16.8 Å². The molecule has 4 unspecified atom stereocenters. The molecule has 3 aliphatic rings. The molecule has 2 saturated carbocycles. The molecule has 7 heteroatoms. The summed E-state index contributed by atoms with van der Waals surface area (Å²) in [6.45, 7) is 2.25. The van der Waals surface area contributed by atoms with Crippen LogP contribution >= 0.6 is 0 Å². The Hall–Kier alpha value is -0.110. The van der Waals surface area contributed by atoms with Gasteiger partial charge in [0.15, 0.2) is 0 Å². The molecule has 5 atom stereocenters. The van der Waals surface area contributed by atoms with Crippen molar-refractivity contribution >= 4 is 10.4 Å². The topological polar surface area (TPSA) is 86.7 Å². The van der Waals surface area contributed by atoms with Gasteiger partial charge in [-0.25, -0.2) is 8.42 Å². The minimum atomic E-state index is -4.73. The molecule has 0 radical (unpaired) electrons. The average molecular weight is 374 g/mol. The smallest absolute Gasteiger partial charge is 0.716 e. The fraction of sp³-hybridized carbons (Fsp3) is 0.667. The first-order chi connectivity index (χ1) is 11.3. The predicted molar refractivity (Wildman–Crippen MR) is 87.4 cm³/mol. The first-order valence-corrected chi connectivity index (χ1v) is 10.1. The molecule has 0 heterocycles. The summed E-state index contributed by atoms with van der Waals surface area (Å²) in [6, 6.07) is 5.23. The van der Waals surface area contributed by atoms with E-state index in [0.717, 1.165) is 44.1 Å². The van der Waals surface area contributed by atoms with E-state index in [0.29, 0.717) is 17.8 Å². The molecule has 25 heavy (non-hydrogen) atoms. The van der Waals surface area contributed by atoms with Gasteiger partial charge in [0.2, 0.25) is 0 Å². The molecule has 4 rings (SSSR count). The van der Waals surface area contributed by atoms with E-state index in [9.17, 15) is 18.1 Å². The molecular formula is C18H23NaO5S. The Morgan fingerprint density at radius 2 is 2.00 bits per heavy atom. The maximum absolute atomic E-state index is 10.8. The Balaban J connectivity index is 0.00000182. The summed E-state index contributed by atoms with van der Waals surface area (Å²) in [5.41, 5.74) is 2.42. The third-order valence-electron chi connectivity index (χ3n) is 6.85. The molecule has 0 bridgehead atoms. The second-order valence-electron chi connectivity index (χ2n) is 7.91. The number of hydrogen-bond donors (Lipinski definition) is 1. The van der Waals surface area contributed by atoms with Crippen molar-refractivity contribution in [2.45, 2.75) is 57.5 Å². The molecular weight excluding hydrogens is 351 g/mol. The second-order valence-corrected chi connectivity index (χ2v) is 8.89. The van der Waals surface area contributed by atoms with Crippen molar-refractivity contribution in [3.8, 4) is 5.75 Å². The Bertz CT molecular complexity index is 765. The van der Waals surface area contributed by atoms with Gasteiger partial charge in [-0.05, 0) is 85.0 Å².